The van der Waals surface area contributed by atoms with E-state index >= 15 is 0 Å². The maximum Gasteiger partial charge on any atom is 0.471 e. The van der Waals surface area contributed by atoms with E-state index in [1.54, 1.807) is 6.20 Å². The molecule has 1 heterocycles. The normalized spacial score (nSPS) is 22.3. The van der Waals surface area contributed by atoms with E-state index in [0.29, 0.717) is 42.4 Å². The average Bonchev–Trinajstić information content (AvgIpc) is 3.56. The van der Waals surface area contributed by atoms with E-state index in [0.717, 1.165) is 60.9 Å². The number of rotatable bonds is 17. The number of alkyl halides is 3. The zero-order valence-corrected chi connectivity index (χ0v) is 38.2. The summed E-state index contributed by atoms with van der Waals surface area (Å²) in [5.74, 6) is -1.27. The molecule has 1 spiro atoms. The standard InChI is InChI=1S/C49H57ClF3N3O7S/c1-33(32-63-43-18-25-54-42-15-7-10-34(2)44(42)43)28-37-29-36-16-17-40(62-26-9-24-55-64(59,60)27-19-35-11-5-4-6-12-35)31-41(36)47(37)20-22-48(23-21-47,46(58)61-3)56(45(57)49(51,52)53)39-14-8-13-38(50)30-39/h4-6,8,11-14,16-18,25,30-31,33-34,37,55H,7,9-10,15,19-24,26-29,32H2,1-3H3/t33-,34-,37+,47?,48?/m1/s1. The van der Waals surface area contributed by atoms with Crippen LogP contribution in [0.4, 0.5) is 18.9 Å². The molecule has 1 fully saturated rings. The highest BCUT2D eigenvalue weighted by Crippen LogP contribution is 2.58. The van der Waals surface area contributed by atoms with Crippen LogP contribution in [0.25, 0.3) is 0 Å². The molecule has 0 aliphatic heterocycles. The van der Waals surface area contributed by atoms with Gasteiger partial charge in [-0.25, -0.2) is 17.9 Å². The number of nitrogens with one attached hydrogen (secondary N) is 1. The maximum atomic E-state index is 14.5. The number of aromatic nitrogens is 1. The Balaban J connectivity index is 1.12. The number of pyridine rings is 1. The van der Waals surface area contributed by atoms with Gasteiger partial charge >= 0.3 is 18.1 Å². The van der Waals surface area contributed by atoms with Crippen LogP contribution in [0.1, 0.15) is 99.1 Å². The van der Waals surface area contributed by atoms with Gasteiger partial charge in [-0.15, -0.1) is 0 Å². The molecule has 3 aromatic carbocycles. The van der Waals surface area contributed by atoms with E-state index < -0.39 is 39.0 Å². The van der Waals surface area contributed by atoms with E-state index in [1.807, 2.05) is 54.6 Å². The largest absolute Gasteiger partial charge is 0.494 e. The first-order valence-corrected chi connectivity index (χ1v) is 24.2. The molecule has 64 heavy (non-hydrogen) atoms. The minimum atomic E-state index is -5.30. The molecule has 1 aromatic heterocycles. The van der Waals surface area contributed by atoms with E-state index in [4.69, 9.17) is 25.8 Å². The summed E-state index contributed by atoms with van der Waals surface area (Å²) in [6.45, 7) is 5.23. The Hall–Kier alpha value is -4.66. The van der Waals surface area contributed by atoms with Gasteiger partial charge in [-0.2, -0.15) is 13.2 Å². The highest BCUT2D eigenvalue weighted by molar-refractivity contribution is 7.89. The molecule has 1 amide bonds. The van der Waals surface area contributed by atoms with Gasteiger partial charge in [-0.05, 0) is 147 Å². The van der Waals surface area contributed by atoms with Crippen LogP contribution in [0.2, 0.25) is 5.02 Å². The van der Waals surface area contributed by atoms with Crippen molar-refractivity contribution >= 4 is 39.2 Å². The van der Waals surface area contributed by atoms with Crippen molar-refractivity contribution in [2.24, 2.45) is 11.8 Å². The van der Waals surface area contributed by atoms with Crippen molar-refractivity contribution in [2.45, 2.75) is 108 Å². The zero-order valence-electron chi connectivity index (χ0n) is 36.6. The van der Waals surface area contributed by atoms with Crippen molar-refractivity contribution < 1.29 is 45.4 Å². The fraction of sp³-hybridized carbons (Fsp3) is 0.490. The van der Waals surface area contributed by atoms with Gasteiger partial charge in [0, 0.05) is 34.7 Å². The van der Waals surface area contributed by atoms with Gasteiger partial charge in [0.1, 0.15) is 17.0 Å². The lowest BCUT2D eigenvalue weighted by atomic mass is 9.59. The predicted octanol–water partition coefficient (Wildman–Crippen LogP) is 9.70. The SMILES string of the molecule is COC(=O)C1(N(C(=O)C(F)(F)F)c2cccc(Cl)c2)CCC2(CC1)c1cc(OCCCNS(=O)(=O)CCc3ccccc3)ccc1C[C@@H]2C[C@@H](C)COc1ccnc2c1[C@H](C)CCC2. The first-order valence-electron chi connectivity index (χ1n) is 22.2. The maximum absolute atomic E-state index is 14.5. The van der Waals surface area contributed by atoms with Gasteiger partial charge in [0.15, 0.2) is 0 Å². The Morgan fingerprint density at radius 2 is 1.77 bits per heavy atom. The zero-order chi connectivity index (χ0) is 45.7. The van der Waals surface area contributed by atoms with Crippen LogP contribution in [-0.4, -0.2) is 69.6 Å². The molecule has 3 aliphatic rings. The van der Waals surface area contributed by atoms with Gasteiger partial charge in [0.25, 0.3) is 0 Å². The van der Waals surface area contributed by atoms with Crippen molar-refractivity contribution in [3.63, 3.8) is 0 Å². The van der Waals surface area contributed by atoms with Crippen LogP contribution < -0.4 is 19.1 Å². The van der Waals surface area contributed by atoms with Crippen molar-refractivity contribution in [3.05, 3.63) is 118 Å². The van der Waals surface area contributed by atoms with Gasteiger partial charge < -0.3 is 14.2 Å². The number of aryl methyl sites for hydroxylation is 2. The van der Waals surface area contributed by atoms with Crippen LogP contribution in [0.3, 0.4) is 0 Å². The first-order chi connectivity index (χ1) is 30.5. The Bertz CT molecular complexity index is 2390. The Morgan fingerprint density at radius 1 is 1.00 bits per heavy atom. The number of carbonyl (C=O) groups excluding carboxylic acids is 2. The number of fused-ring (bicyclic) bond motifs is 3. The molecular formula is C49H57ClF3N3O7S. The van der Waals surface area contributed by atoms with Gasteiger partial charge in [-0.3, -0.25) is 14.7 Å². The van der Waals surface area contributed by atoms with Crippen molar-refractivity contribution in [1.29, 1.82) is 0 Å². The molecule has 10 nitrogen and oxygen atoms in total. The molecule has 7 rings (SSSR count). The van der Waals surface area contributed by atoms with Gasteiger partial charge in [-0.1, -0.05) is 67.9 Å². The Morgan fingerprint density at radius 3 is 2.48 bits per heavy atom. The fourth-order valence-corrected chi connectivity index (χ4v) is 11.7. The first kappa shape index (κ1) is 47.3. The third-order valence-electron chi connectivity index (χ3n) is 13.5. The number of amides is 1. The summed E-state index contributed by atoms with van der Waals surface area (Å²) in [4.78, 5) is 32.6. The molecular weight excluding hydrogens is 867 g/mol. The number of carbonyl (C=O) groups is 2. The summed E-state index contributed by atoms with van der Waals surface area (Å²) in [5.41, 5.74) is 2.55. The molecule has 1 N–H and O–H groups in total. The number of esters is 1. The number of benzene rings is 3. The van der Waals surface area contributed by atoms with E-state index in [2.05, 4.69) is 23.6 Å². The Kier molecular flexibility index (Phi) is 14.7. The summed E-state index contributed by atoms with van der Waals surface area (Å²) >= 11 is 6.27. The molecule has 0 saturated heterocycles. The minimum absolute atomic E-state index is 0.0144. The number of nitrogens with zero attached hydrogens (tertiary/aromatic N) is 2. The number of hydrogen-bond acceptors (Lipinski definition) is 8. The average molecular weight is 925 g/mol. The number of anilines is 1. The topological polar surface area (TPSA) is 124 Å². The number of hydrogen-bond donors (Lipinski definition) is 1. The molecule has 0 bridgehead atoms. The number of sulfonamides is 1. The molecule has 0 unspecified atom stereocenters. The van der Waals surface area contributed by atoms with E-state index in [9.17, 15) is 31.2 Å². The molecule has 3 aliphatic carbocycles. The Labute approximate surface area is 379 Å². The summed E-state index contributed by atoms with van der Waals surface area (Å²) in [5, 5.41) is 0.112. The van der Waals surface area contributed by atoms with Crippen molar-refractivity contribution in [2.75, 3.05) is 37.5 Å². The van der Waals surface area contributed by atoms with E-state index in [1.165, 1.54) is 29.8 Å². The third-order valence-corrected chi connectivity index (χ3v) is 15.2. The molecule has 0 radical (unpaired) electrons. The second-order valence-electron chi connectivity index (χ2n) is 17.8. The van der Waals surface area contributed by atoms with Crippen molar-refractivity contribution in [3.8, 4) is 11.5 Å². The highest BCUT2D eigenvalue weighted by atomic mass is 35.5. The van der Waals surface area contributed by atoms with Crippen LogP contribution in [-0.2, 0) is 49.0 Å². The van der Waals surface area contributed by atoms with E-state index in [-0.39, 0.29) is 67.1 Å². The van der Waals surface area contributed by atoms with Crippen LogP contribution in [0, 0.1) is 11.8 Å². The quantitative estimate of drug-likeness (QED) is 0.0821. The lowest BCUT2D eigenvalue weighted by Crippen LogP contribution is -2.63. The monoisotopic (exact) mass is 923 g/mol. The molecule has 1 saturated carbocycles. The summed E-state index contributed by atoms with van der Waals surface area (Å²) in [6, 6.07) is 22.8. The molecule has 344 valence electrons. The minimum Gasteiger partial charge on any atom is -0.494 e. The van der Waals surface area contributed by atoms with Crippen LogP contribution in [0.5, 0.6) is 11.5 Å². The second kappa shape index (κ2) is 19.8. The number of ether oxygens (including phenoxy) is 3. The smallest absolute Gasteiger partial charge is 0.471 e. The summed E-state index contributed by atoms with van der Waals surface area (Å²) in [6.07, 6.45) is 2.17. The summed E-state index contributed by atoms with van der Waals surface area (Å²) in [7, 11) is -2.37. The van der Waals surface area contributed by atoms with Gasteiger partial charge in [0.2, 0.25) is 10.0 Å². The number of halogens is 4. The number of methoxy groups -OCH3 is 1. The molecule has 3 atom stereocenters. The highest BCUT2D eigenvalue weighted by Gasteiger charge is 2.60. The summed E-state index contributed by atoms with van der Waals surface area (Å²) < 4.78 is 89.5. The molecule has 15 heteroatoms. The van der Waals surface area contributed by atoms with Crippen molar-refractivity contribution in [1.82, 2.24) is 9.71 Å². The lowest BCUT2D eigenvalue weighted by Gasteiger charge is -2.51. The third kappa shape index (κ3) is 10.4. The van der Waals surface area contributed by atoms with Crippen LogP contribution in [0.15, 0.2) is 85.1 Å². The lowest BCUT2D eigenvalue weighted by molar-refractivity contribution is -0.174. The molecule has 4 aromatic rings. The van der Waals surface area contributed by atoms with Crippen LogP contribution >= 0.6 is 11.6 Å². The predicted molar refractivity (Wildman–Crippen MR) is 240 cm³/mol. The van der Waals surface area contributed by atoms with Gasteiger partial charge in [0.05, 0.1) is 26.1 Å². The fourth-order valence-electron chi connectivity index (χ4n) is 10.4. The second-order valence-corrected chi connectivity index (χ2v) is 20.1.